The quantitative estimate of drug-likeness (QED) is 0.837. The van der Waals surface area contributed by atoms with Crippen molar-refractivity contribution >= 4 is 23.2 Å². The van der Waals surface area contributed by atoms with Crippen LogP contribution >= 0.6 is 11.6 Å². The summed E-state index contributed by atoms with van der Waals surface area (Å²) in [5.74, 6) is -0.235. The van der Waals surface area contributed by atoms with E-state index in [-0.39, 0.29) is 10.7 Å². The Bertz CT molecular complexity index is 820. The lowest BCUT2D eigenvalue weighted by Crippen LogP contribution is -2.30. The van der Waals surface area contributed by atoms with Crippen LogP contribution in [-0.4, -0.2) is 18.6 Å². The number of nitrogens with one attached hydrogen (secondary N) is 1. The highest BCUT2D eigenvalue weighted by Crippen LogP contribution is 2.29. The molecule has 7 heteroatoms. The molecule has 0 fully saturated rings. The molecule has 0 unspecified atom stereocenters. The molecule has 1 N–H and O–H groups in total. The molecule has 0 bridgehead atoms. The Labute approximate surface area is 149 Å². The molecular weight excluding hydrogens is 347 g/mol. The molecule has 130 valence electrons. The number of nitrogens with zero attached hydrogens (tertiary/aromatic N) is 1. The molecule has 2 rings (SSSR count). The van der Waals surface area contributed by atoms with E-state index in [0.717, 1.165) is 6.07 Å². The standard InChI is InChI=1S/C18H16ClFN2O3/c1-3-24-17-8-12(10-21)4-7-16(17)25-11(2)18(23)22-15-6-5-13(20)9-14(15)19/h4-9,11H,3H2,1-2H3,(H,22,23)/t11-/m0/s1. The number of rotatable bonds is 6. The number of carbonyl (C=O) groups is 1. The summed E-state index contributed by atoms with van der Waals surface area (Å²) in [6.07, 6.45) is -0.867. The molecule has 0 heterocycles. The molecule has 0 saturated heterocycles. The highest BCUT2D eigenvalue weighted by atomic mass is 35.5. The molecular formula is C18H16ClFN2O3. The number of anilines is 1. The zero-order chi connectivity index (χ0) is 18.4. The Morgan fingerprint density at radius 2 is 2.08 bits per heavy atom. The van der Waals surface area contributed by atoms with Gasteiger partial charge in [0.1, 0.15) is 5.82 Å². The van der Waals surface area contributed by atoms with Crippen molar-refractivity contribution in [2.45, 2.75) is 20.0 Å². The Morgan fingerprint density at radius 1 is 1.32 bits per heavy atom. The van der Waals surface area contributed by atoms with Gasteiger partial charge in [-0.15, -0.1) is 0 Å². The maximum Gasteiger partial charge on any atom is 0.265 e. The maximum absolute atomic E-state index is 13.1. The minimum atomic E-state index is -0.867. The number of hydrogen-bond donors (Lipinski definition) is 1. The second-order valence-corrected chi connectivity index (χ2v) is 5.49. The number of hydrogen-bond acceptors (Lipinski definition) is 4. The molecule has 2 aromatic rings. The van der Waals surface area contributed by atoms with Gasteiger partial charge in [0.05, 0.1) is 28.9 Å². The summed E-state index contributed by atoms with van der Waals surface area (Å²) in [5, 5.41) is 11.6. The maximum atomic E-state index is 13.1. The first-order valence-electron chi connectivity index (χ1n) is 7.54. The minimum absolute atomic E-state index is 0.0916. The number of carbonyl (C=O) groups excluding carboxylic acids is 1. The molecule has 0 radical (unpaired) electrons. The van der Waals surface area contributed by atoms with E-state index >= 15 is 0 Å². The number of amides is 1. The van der Waals surface area contributed by atoms with Crippen LogP contribution in [0.1, 0.15) is 19.4 Å². The van der Waals surface area contributed by atoms with Crippen LogP contribution in [0.3, 0.4) is 0 Å². The number of halogens is 2. The van der Waals surface area contributed by atoms with Crippen molar-refractivity contribution in [1.82, 2.24) is 0 Å². The Balaban J connectivity index is 2.12. The van der Waals surface area contributed by atoms with Gasteiger partial charge in [-0.05, 0) is 44.2 Å². The van der Waals surface area contributed by atoms with Crippen molar-refractivity contribution in [2.75, 3.05) is 11.9 Å². The molecule has 2 aromatic carbocycles. The third kappa shape index (κ3) is 4.85. The van der Waals surface area contributed by atoms with E-state index in [2.05, 4.69) is 5.32 Å². The predicted octanol–water partition coefficient (Wildman–Crippen LogP) is 4.16. The summed E-state index contributed by atoms with van der Waals surface area (Å²) in [7, 11) is 0. The third-order valence-electron chi connectivity index (χ3n) is 3.23. The van der Waals surface area contributed by atoms with Gasteiger partial charge in [0.2, 0.25) is 0 Å². The zero-order valence-corrected chi connectivity index (χ0v) is 14.4. The molecule has 25 heavy (non-hydrogen) atoms. The van der Waals surface area contributed by atoms with Crippen molar-refractivity contribution in [3.63, 3.8) is 0 Å². The van der Waals surface area contributed by atoms with Crippen LogP contribution in [0, 0.1) is 17.1 Å². The summed E-state index contributed by atoms with van der Waals surface area (Å²) >= 11 is 5.89. The lowest BCUT2D eigenvalue weighted by molar-refractivity contribution is -0.122. The summed E-state index contributed by atoms with van der Waals surface area (Å²) < 4.78 is 24.1. The van der Waals surface area contributed by atoms with Gasteiger partial charge in [0.15, 0.2) is 17.6 Å². The molecule has 0 aliphatic heterocycles. The summed E-state index contributed by atoms with van der Waals surface area (Å²) in [4.78, 5) is 12.3. The first kappa shape index (κ1) is 18.6. The Kier molecular flexibility index (Phi) is 6.20. The fraction of sp³-hybridized carbons (Fsp3) is 0.222. The molecule has 0 aliphatic carbocycles. The van der Waals surface area contributed by atoms with E-state index in [9.17, 15) is 9.18 Å². The summed E-state index contributed by atoms with van der Waals surface area (Å²) in [6, 6.07) is 10.4. The number of ether oxygens (including phenoxy) is 2. The van der Waals surface area contributed by atoms with Crippen molar-refractivity contribution in [1.29, 1.82) is 5.26 Å². The van der Waals surface area contributed by atoms with Gasteiger partial charge < -0.3 is 14.8 Å². The summed E-state index contributed by atoms with van der Waals surface area (Å²) in [5.41, 5.74) is 0.708. The van der Waals surface area contributed by atoms with Crippen LogP contribution in [0.15, 0.2) is 36.4 Å². The smallest absolute Gasteiger partial charge is 0.265 e. The van der Waals surface area contributed by atoms with Crippen molar-refractivity contribution in [3.8, 4) is 17.6 Å². The van der Waals surface area contributed by atoms with E-state index in [1.807, 2.05) is 6.07 Å². The molecule has 1 amide bonds. The Morgan fingerprint density at radius 3 is 2.72 bits per heavy atom. The van der Waals surface area contributed by atoms with Crippen molar-refractivity contribution in [3.05, 3.63) is 52.8 Å². The van der Waals surface area contributed by atoms with Gasteiger partial charge >= 0.3 is 0 Å². The van der Waals surface area contributed by atoms with E-state index in [0.29, 0.717) is 23.7 Å². The van der Waals surface area contributed by atoms with E-state index in [4.69, 9.17) is 26.3 Å². The second-order valence-electron chi connectivity index (χ2n) is 5.08. The van der Waals surface area contributed by atoms with Crippen LogP contribution in [-0.2, 0) is 4.79 Å². The van der Waals surface area contributed by atoms with E-state index in [1.54, 1.807) is 32.0 Å². The molecule has 5 nitrogen and oxygen atoms in total. The van der Waals surface area contributed by atoms with Gasteiger partial charge in [0, 0.05) is 6.07 Å². The molecule has 0 aliphatic rings. The van der Waals surface area contributed by atoms with Crippen LogP contribution in [0.25, 0.3) is 0 Å². The molecule has 0 saturated carbocycles. The van der Waals surface area contributed by atoms with Gasteiger partial charge in [-0.1, -0.05) is 11.6 Å². The van der Waals surface area contributed by atoms with Gasteiger partial charge in [-0.25, -0.2) is 4.39 Å². The first-order chi connectivity index (χ1) is 11.9. The van der Waals surface area contributed by atoms with Gasteiger partial charge in [-0.2, -0.15) is 5.26 Å². The fourth-order valence-corrected chi connectivity index (χ4v) is 2.23. The fourth-order valence-electron chi connectivity index (χ4n) is 2.01. The number of benzene rings is 2. The third-order valence-corrected chi connectivity index (χ3v) is 3.55. The van der Waals surface area contributed by atoms with Crippen LogP contribution in [0.4, 0.5) is 10.1 Å². The average molecular weight is 363 g/mol. The second kappa shape index (κ2) is 8.36. The van der Waals surface area contributed by atoms with Crippen molar-refractivity contribution in [2.24, 2.45) is 0 Å². The number of nitriles is 1. The van der Waals surface area contributed by atoms with Crippen LogP contribution in [0.2, 0.25) is 5.02 Å². The zero-order valence-electron chi connectivity index (χ0n) is 13.7. The first-order valence-corrected chi connectivity index (χ1v) is 7.92. The lowest BCUT2D eigenvalue weighted by atomic mass is 10.2. The largest absolute Gasteiger partial charge is 0.490 e. The van der Waals surface area contributed by atoms with E-state index in [1.165, 1.54) is 12.1 Å². The predicted molar refractivity (Wildman–Crippen MR) is 92.5 cm³/mol. The highest BCUT2D eigenvalue weighted by molar-refractivity contribution is 6.33. The molecule has 0 spiro atoms. The van der Waals surface area contributed by atoms with Gasteiger partial charge in [-0.3, -0.25) is 4.79 Å². The molecule has 0 aromatic heterocycles. The minimum Gasteiger partial charge on any atom is -0.490 e. The van der Waals surface area contributed by atoms with E-state index < -0.39 is 17.8 Å². The lowest BCUT2D eigenvalue weighted by Gasteiger charge is -2.17. The van der Waals surface area contributed by atoms with Crippen LogP contribution in [0.5, 0.6) is 11.5 Å². The van der Waals surface area contributed by atoms with Gasteiger partial charge in [0.25, 0.3) is 5.91 Å². The normalized spacial score (nSPS) is 11.3. The summed E-state index contributed by atoms with van der Waals surface area (Å²) in [6.45, 7) is 3.74. The average Bonchev–Trinajstić information content (AvgIpc) is 2.59. The highest BCUT2D eigenvalue weighted by Gasteiger charge is 2.18. The van der Waals surface area contributed by atoms with Crippen LogP contribution < -0.4 is 14.8 Å². The Hall–Kier alpha value is -2.78. The van der Waals surface area contributed by atoms with Crippen molar-refractivity contribution < 1.29 is 18.7 Å². The SMILES string of the molecule is CCOc1cc(C#N)ccc1O[C@@H](C)C(=O)Nc1ccc(F)cc1Cl. The molecule has 1 atom stereocenters. The topological polar surface area (TPSA) is 71.3 Å². The monoisotopic (exact) mass is 362 g/mol.